The number of carbonyl (C=O) groups is 1. The Bertz CT molecular complexity index is 1120. The van der Waals surface area contributed by atoms with E-state index in [9.17, 15) is 4.79 Å². The fourth-order valence-electron chi connectivity index (χ4n) is 3.39. The van der Waals surface area contributed by atoms with Crippen LogP contribution in [0.15, 0.2) is 86.1 Å². The van der Waals surface area contributed by atoms with Crippen LogP contribution in [-0.4, -0.2) is 10.8 Å². The smallest absolute Gasteiger partial charge is 0.264 e. The molecule has 2 aliphatic rings. The summed E-state index contributed by atoms with van der Waals surface area (Å²) < 4.78 is 8.24. The fraction of sp³-hybridized carbons (Fsp3) is 0.0455. The minimum absolute atomic E-state index is 0.0600. The molecule has 0 radical (unpaired) electrons. The van der Waals surface area contributed by atoms with Gasteiger partial charge in [-0.2, -0.15) is 0 Å². The van der Waals surface area contributed by atoms with Crippen molar-refractivity contribution in [3.05, 3.63) is 92.4 Å². The Labute approximate surface area is 183 Å². The molecule has 6 heteroatoms. The zero-order valence-electron chi connectivity index (χ0n) is 14.4. The summed E-state index contributed by atoms with van der Waals surface area (Å²) in [5.74, 6) is 0.649. The third-order valence-corrected chi connectivity index (χ3v) is 6.97. The van der Waals surface area contributed by atoms with Crippen molar-refractivity contribution in [3.63, 3.8) is 0 Å². The fourth-order valence-corrected chi connectivity index (χ4v) is 5.96. The SMILES string of the molecule is O=C(C1=Cc2cc(Br)cc(Br)c2OC12Nc1ccccc1S2)c1ccccc1. The molecule has 5 rings (SSSR count). The Morgan fingerprint density at radius 1 is 1.00 bits per heavy atom. The van der Waals surface area contributed by atoms with Gasteiger partial charge in [0.15, 0.2) is 5.78 Å². The molecular formula is C22H13Br2NO2S. The topological polar surface area (TPSA) is 38.3 Å². The molecule has 138 valence electrons. The largest absolute Gasteiger partial charge is 0.452 e. The van der Waals surface area contributed by atoms with Gasteiger partial charge in [-0.3, -0.25) is 4.79 Å². The average molecular weight is 515 g/mol. The van der Waals surface area contributed by atoms with Gasteiger partial charge in [-0.1, -0.05) is 58.4 Å². The molecule has 1 unspecified atom stereocenters. The number of para-hydroxylation sites is 1. The van der Waals surface area contributed by atoms with Crippen LogP contribution in [0.1, 0.15) is 15.9 Å². The number of ether oxygens (including phenoxy) is 1. The summed E-state index contributed by atoms with van der Waals surface area (Å²) in [5, 5.41) is 2.44. The number of benzene rings is 3. The molecule has 0 fully saturated rings. The van der Waals surface area contributed by atoms with Crippen molar-refractivity contribution in [2.75, 3.05) is 5.32 Å². The molecule has 0 amide bonds. The highest BCUT2D eigenvalue weighted by Gasteiger charge is 2.49. The molecule has 1 spiro atoms. The molecule has 3 aromatic rings. The lowest BCUT2D eigenvalue weighted by molar-refractivity contribution is 0.0993. The minimum Gasteiger partial charge on any atom is -0.452 e. The molecule has 1 atom stereocenters. The van der Waals surface area contributed by atoms with E-state index in [-0.39, 0.29) is 5.78 Å². The first-order chi connectivity index (χ1) is 13.6. The van der Waals surface area contributed by atoms with E-state index in [1.807, 2.05) is 72.8 Å². The highest BCUT2D eigenvalue weighted by atomic mass is 79.9. The van der Waals surface area contributed by atoms with Crippen molar-refractivity contribution in [2.45, 2.75) is 9.95 Å². The molecule has 0 aliphatic carbocycles. The van der Waals surface area contributed by atoms with Crippen LogP contribution >= 0.6 is 43.6 Å². The van der Waals surface area contributed by atoms with Crippen molar-refractivity contribution < 1.29 is 9.53 Å². The standard InChI is InChI=1S/C22H13Br2NO2S/c23-15-10-14-11-16(20(26)13-6-2-1-3-7-13)22(27-21(14)17(24)12-15)25-18-8-4-5-9-19(18)28-22/h1-12,25H. The average Bonchev–Trinajstić information content (AvgIpc) is 3.07. The number of rotatable bonds is 2. The summed E-state index contributed by atoms with van der Waals surface area (Å²) in [5.41, 5.74) is 3.01. The first-order valence-electron chi connectivity index (χ1n) is 8.62. The van der Waals surface area contributed by atoms with Crippen molar-refractivity contribution in [2.24, 2.45) is 0 Å². The van der Waals surface area contributed by atoms with Crippen LogP contribution in [0.3, 0.4) is 0 Å². The first kappa shape index (κ1) is 18.0. The van der Waals surface area contributed by atoms with Crippen LogP contribution in [-0.2, 0) is 0 Å². The van der Waals surface area contributed by atoms with E-state index in [1.54, 1.807) is 0 Å². The molecule has 1 N–H and O–H groups in total. The van der Waals surface area contributed by atoms with Gasteiger partial charge in [-0.05, 0) is 58.0 Å². The predicted octanol–water partition coefficient (Wildman–Crippen LogP) is 6.74. The predicted molar refractivity (Wildman–Crippen MR) is 120 cm³/mol. The monoisotopic (exact) mass is 513 g/mol. The van der Waals surface area contributed by atoms with Crippen LogP contribution in [0.4, 0.5) is 5.69 Å². The second-order valence-corrected chi connectivity index (χ2v) is 9.49. The number of fused-ring (bicyclic) bond motifs is 2. The lowest BCUT2D eigenvalue weighted by atomic mass is 9.97. The number of anilines is 1. The zero-order chi connectivity index (χ0) is 19.3. The number of thioether (sulfide) groups is 1. The second kappa shape index (κ2) is 6.79. The van der Waals surface area contributed by atoms with Crippen molar-refractivity contribution in [1.29, 1.82) is 0 Å². The maximum Gasteiger partial charge on any atom is 0.264 e. The molecule has 2 aliphatic heterocycles. The first-order valence-corrected chi connectivity index (χ1v) is 11.0. The molecule has 0 aromatic heterocycles. The van der Waals surface area contributed by atoms with E-state index >= 15 is 0 Å². The molecule has 2 heterocycles. The Hall–Kier alpha value is -2.02. The van der Waals surface area contributed by atoms with Gasteiger partial charge in [0.05, 0.1) is 15.7 Å². The summed E-state index contributed by atoms with van der Waals surface area (Å²) in [4.78, 5) is 14.5. The third-order valence-electron chi connectivity index (χ3n) is 4.66. The summed E-state index contributed by atoms with van der Waals surface area (Å²) in [6, 6.07) is 21.2. The summed E-state index contributed by atoms with van der Waals surface area (Å²) >= 11 is 8.63. The van der Waals surface area contributed by atoms with Gasteiger partial charge in [0, 0.05) is 20.5 Å². The number of ketones is 1. The van der Waals surface area contributed by atoms with Gasteiger partial charge < -0.3 is 10.1 Å². The normalized spacial score (nSPS) is 19.3. The van der Waals surface area contributed by atoms with Gasteiger partial charge in [0.25, 0.3) is 5.06 Å². The maximum atomic E-state index is 13.5. The van der Waals surface area contributed by atoms with E-state index in [4.69, 9.17) is 4.74 Å². The summed E-state index contributed by atoms with van der Waals surface area (Å²) in [6.07, 6.45) is 1.93. The van der Waals surface area contributed by atoms with Crippen LogP contribution in [0, 0.1) is 0 Å². The third kappa shape index (κ3) is 2.91. The van der Waals surface area contributed by atoms with Gasteiger partial charge in [0.1, 0.15) is 5.75 Å². The van der Waals surface area contributed by atoms with Gasteiger partial charge >= 0.3 is 0 Å². The maximum absolute atomic E-state index is 13.5. The van der Waals surface area contributed by atoms with Crippen LogP contribution in [0.2, 0.25) is 0 Å². The number of halogens is 2. The van der Waals surface area contributed by atoms with E-state index < -0.39 is 5.06 Å². The number of hydrogen-bond acceptors (Lipinski definition) is 4. The quantitative estimate of drug-likeness (QED) is 0.384. The highest BCUT2D eigenvalue weighted by Crippen LogP contribution is 2.54. The van der Waals surface area contributed by atoms with Crippen molar-refractivity contribution in [3.8, 4) is 5.75 Å². The highest BCUT2D eigenvalue weighted by molar-refractivity contribution is 9.11. The van der Waals surface area contributed by atoms with E-state index in [0.717, 1.165) is 25.1 Å². The van der Waals surface area contributed by atoms with Crippen molar-refractivity contribution >= 4 is 61.2 Å². The summed E-state index contributed by atoms with van der Waals surface area (Å²) in [7, 11) is 0. The van der Waals surface area contributed by atoms with E-state index in [1.165, 1.54) is 11.8 Å². The Morgan fingerprint density at radius 2 is 1.75 bits per heavy atom. The number of carbonyl (C=O) groups excluding carboxylic acids is 1. The lowest BCUT2D eigenvalue weighted by Crippen LogP contribution is -2.44. The number of hydrogen-bond donors (Lipinski definition) is 1. The van der Waals surface area contributed by atoms with Crippen LogP contribution in [0.25, 0.3) is 6.08 Å². The van der Waals surface area contributed by atoms with E-state index in [0.29, 0.717) is 16.9 Å². The van der Waals surface area contributed by atoms with Crippen LogP contribution in [0.5, 0.6) is 5.75 Å². The number of Topliss-reactive ketones (excluding diaryl/α,β-unsaturated/α-hetero) is 1. The van der Waals surface area contributed by atoms with Gasteiger partial charge in [-0.25, -0.2) is 0 Å². The van der Waals surface area contributed by atoms with Crippen molar-refractivity contribution in [1.82, 2.24) is 0 Å². The number of nitrogens with one attached hydrogen (secondary N) is 1. The molecular weight excluding hydrogens is 502 g/mol. The molecule has 0 bridgehead atoms. The second-order valence-electron chi connectivity index (χ2n) is 6.50. The molecule has 0 saturated carbocycles. The van der Waals surface area contributed by atoms with Gasteiger partial charge in [0.2, 0.25) is 0 Å². The van der Waals surface area contributed by atoms with Gasteiger partial charge in [-0.15, -0.1) is 0 Å². The molecule has 3 aromatic carbocycles. The summed E-state index contributed by atoms with van der Waals surface area (Å²) in [6.45, 7) is 0. The Balaban J connectivity index is 1.69. The Kier molecular flexibility index (Phi) is 4.38. The molecule has 28 heavy (non-hydrogen) atoms. The lowest BCUT2D eigenvalue weighted by Gasteiger charge is -2.36. The molecule has 3 nitrogen and oxygen atoms in total. The van der Waals surface area contributed by atoms with E-state index in [2.05, 4.69) is 37.2 Å². The molecule has 0 saturated heterocycles. The van der Waals surface area contributed by atoms with Crippen LogP contribution < -0.4 is 10.1 Å². The minimum atomic E-state index is -1.01. The zero-order valence-corrected chi connectivity index (χ0v) is 18.4. The Morgan fingerprint density at radius 3 is 2.54 bits per heavy atom.